The first-order chi connectivity index (χ1) is 8.50. The first kappa shape index (κ1) is 14.3. The van der Waals surface area contributed by atoms with E-state index in [0.717, 1.165) is 5.56 Å². The molecule has 0 aromatic heterocycles. The minimum Gasteiger partial charge on any atom is -0.490 e. The van der Waals surface area contributed by atoms with Gasteiger partial charge in [0.15, 0.2) is 0 Å². The van der Waals surface area contributed by atoms with Crippen LogP contribution < -0.4 is 4.74 Å². The van der Waals surface area contributed by atoms with Gasteiger partial charge in [-0.2, -0.15) is 0 Å². The Bertz CT molecular complexity index is 426. The summed E-state index contributed by atoms with van der Waals surface area (Å²) >= 11 is 0. The fourth-order valence-corrected chi connectivity index (χ4v) is 1.25. The highest BCUT2D eigenvalue weighted by Crippen LogP contribution is 2.16. The molecule has 0 spiro atoms. The zero-order valence-corrected chi connectivity index (χ0v) is 10.7. The van der Waals surface area contributed by atoms with Gasteiger partial charge in [-0.3, -0.25) is 0 Å². The molecule has 0 saturated heterocycles. The van der Waals surface area contributed by atoms with Gasteiger partial charge >= 0.3 is 5.97 Å². The van der Waals surface area contributed by atoms with Crippen molar-refractivity contribution in [2.24, 2.45) is 0 Å². The second-order valence-corrected chi connectivity index (χ2v) is 4.11. The number of ether oxygens (including phenoxy) is 2. The van der Waals surface area contributed by atoms with Crippen LogP contribution in [0.3, 0.4) is 0 Å². The minimum absolute atomic E-state index is 0.0777. The van der Waals surface area contributed by atoms with Crippen LogP contribution in [-0.4, -0.2) is 30.4 Å². The molecule has 1 unspecified atom stereocenters. The summed E-state index contributed by atoms with van der Waals surface area (Å²) < 4.78 is 10.2. The van der Waals surface area contributed by atoms with Crippen LogP contribution in [0, 0.1) is 6.92 Å². The zero-order chi connectivity index (χ0) is 13.5. The van der Waals surface area contributed by atoms with Gasteiger partial charge in [-0.15, -0.1) is 0 Å². The van der Waals surface area contributed by atoms with Gasteiger partial charge in [-0.25, -0.2) is 4.79 Å². The van der Waals surface area contributed by atoms with Gasteiger partial charge in [0.25, 0.3) is 0 Å². The molecule has 1 aromatic rings. The Morgan fingerprint density at radius 1 is 1.39 bits per heavy atom. The average molecular weight is 250 g/mol. The van der Waals surface area contributed by atoms with E-state index in [0.29, 0.717) is 11.3 Å². The molecule has 0 saturated carbocycles. The minimum atomic E-state index is -0.854. The van der Waals surface area contributed by atoms with Crippen molar-refractivity contribution in [2.75, 3.05) is 13.2 Å². The van der Waals surface area contributed by atoms with E-state index in [-0.39, 0.29) is 13.2 Å². The molecule has 1 N–H and O–H groups in total. The number of benzene rings is 1. The molecule has 4 nitrogen and oxygen atoms in total. The molecule has 98 valence electrons. The lowest BCUT2D eigenvalue weighted by Gasteiger charge is -2.14. The molecular weight excluding hydrogens is 232 g/mol. The van der Waals surface area contributed by atoms with Gasteiger partial charge in [0, 0.05) is 5.57 Å². The maximum atomic E-state index is 11.1. The number of carbonyl (C=O) groups is 1. The normalized spacial score (nSPS) is 11.7. The molecule has 0 aliphatic heterocycles. The van der Waals surface area contributed by atoms with E-state index < -0.39 is 12.1 Å². The lowest BCUT2D eigenvalue weighted by molar-refractivity contribution is -0.142. The van der Waals surface area contributed by atoms with Crippen LogP contribution in [0.1, 0.15) is 12.5 Å². The van der Waals surface area contributed by atoms with E-state index in [9.17, 15) is 9.90 Å². The number of para-hydroxylation sites is 1. The highest BCUT2D eigenvalue weighted by Gasteiger charge is 2.10. The number of aliphatic hydroxyl groups excluding tert-OH is 1. The van der Waals surface area contributed by atoms with Crippen LogP contribution in [-0.2, 0) is 9.53 Å². The molecule has 1 aromatic carbocycles. The third-order valence-electron chi connectivity index (χ3n) is 2.28. The SMILES string of the molecule is C=C(C)C(=O)OCC(O)COc1ccccc1C. The predicted molar refractivity (Wildman–Crippen MR) is 68.5 cm³/mol. The predicted octanol–water partition coefficient (Wildman–Crippen LogP) is 1.85. The molecule has 0 fully saturated rings. The monoisotopic (exact) mass is 250 g/mol. The van der Waals surface area contributed by atoms with Crippen LogP contribution in [0.4, 0.5) is 0 Å². The van der Waals surface area contributed by atoms with Gasteiger partial charge in [-0.05, 0) is 25.5 Å². The lowest BCUT2D eigenvalue weighted by atomic mass is 10.2. The summed E-state index contributed by atoms with van der Waals surface area (Å²) in [5.74, 6) is 0.202. The Balaban J connectivity index is 2.33. The van der Waals surface area contributed by atoms with Gasteiger partial charge in [0.05, 0.1) is 0 Å². The van der Waals surface area contributed by atoms with Gasteiger partial charge in [0.2, 0.25) is 0 Å². The summed E-state index contributed by atoms with van der Waals surface area (Å²) in [7, 11) is 0. The zero-order valence-electron chi connectivity index (χ0n) is 10.7. The molecule has 0 bridgehead atoms. The highest BCUT2D eigenvalue weighted by molar-refractivity contribution is 5.86. The first-order valence-corrected chi connectivity index (χ1v) is 5.70. The first-order valence-electron chi connectivity index (χ1n) is 5.70. The Labute approximate surface area is 107 Å². The largest absolute Gasteiger partial charge is 0.490 e. The molecule has 4 heteroatoms. The van der Waals surface area contributed by atoms with Crippen LogP contribution in [0.5, 0.6) is 5.75 Å². The summed E-state index contributed by atoms with van der Waals surface area (Å²) in [6.07, 6.45) is -0.854. The van der Waals surface area contributed by atoms with Crippen molar-refractivity contribution in [1.29, 1.82) is 0 Å². The van der Waals surface area contributed by atoms with E-state index in [1.807, 2.05) is 31.2 Å². The third kappa shape index (κ3) is 4.59. The quantitative estimate of drug-likeness (QED) is 0.618. The van der Waals surface area contributed by atoms with Crippen LogP contribution >= 0.6 is 0 Å². The number of rotatable bonds is 6. The van der Waals surface area contributed by atoms with Crippen molar-refractivity contribution < 1.29 is 19.4 Å². The molecule has 0 aliphatic carbocycles. The van der Waals surface area contributed by atoms with Crippen LogP contribution in [0.15, 0.2) is 36.4 Å². The summed E-state index contributed by atoms with van der Waals surface area (Å²) in [4.78, 5) is 11.1. The smallest absolute Gasteiger partial charge is 0.333 e. The molecule has 18 heavy (non-hydrogen) atoms. The molecule has 1 atom stereocenters. The van der Waals surface area contributed by atoms with Crippen molar-refractivity contribution >= 4 is 5.97 Å². The summed E-state index contributed by atoms with van der Waals surface area (Å²) in [6, 6.07) is 7.51. The maximum absolute atomic E-state index is 11.1. The molecular formula is C14H18O4. The van der Waals surface area contributed by atoms with E-state index >= 15 is 0 Å². The summed E-state index contributed by atoms with van der Waals surface area (Å²) in [6.45, 7) is 6.90. The van der Waals surface area contributed by atoms with E-state index in [1.54, 1.807) is 6.92 Å². The number of hydrogen-bond donors (Lipinski definition) is 1. The van der Waals surface area contributed by atoms with Crippen molar-refractivity contribution in [2.45, 2.75) is 20.0 Å². The Morgan fingerprint density at radius 3 is 2.67 bits per heavy atom. The topological polar surface area (TPSA) is 55.8 Å². The third-order valence-corrected chi connectivity index (χ3v) is 2.28. The number of esters is 1. The number of aliphatic hydroxyl groups is 1. The van der Waals surface area contributed by atoms with Crippen molar-refractivity contribution in [3.8, 4) is 5.75 Å². The van der Waals surface area contributed by atoms with Gasteiger partial charge in [-0.1, -0.05) is 24.8 Å². The van der Waals surface area contributed by atoms with E-state index in [2.05, 4.69) is 6.58 Å². The highest BCUT2D eigenvalue weighted by atomic mass is 16.5. The fraction of sp³-hybridized carbons (Fsp3) is 0.357. The standard InChI is InChI=1S/C14H18O4/c1-10(2)14(16)18-9-12(15)8-17-13-7-5-4-6-11(13)3/h4-7,12,15H,1,8-9H2,2-3H3. The van der Waals surface area contributed by atoms with Gasteiger partial charge < -0.3 is 14.6 Å². The fourth-order valence-electron chi connectivity index (χ4n) is 1.25. The lowest BCUT2D eigenvalue weighted by Crippen LogP contribution is -2.25. The molecule has 0 radical (unpaired) electrons. The van der Waals surface area contributed by atoms with Crippen LogP contribution in [0.2, 0.25) is 0 Å². The maximum Gasteiger partial charge on any atom is 0.333 e. The average Bonchev–Trinajstić information content (AvgIpc) is 2.34. The van der Waals surface area contributed by atoms with Crippen LogP contribution in [0.25, 0.3) is 0 Å². The molecule has 0 heterocycles. The Hall–Kier alpha value is -1.81. The molecule has 1 rings (SSSR count). The number of hydrogen-bond acceptors (Lipinski definition) is 4. The molecule has 0 aliphatic rings. The number of carbonyl (C=O) groups excluding carboxylic acids is 1. The van der Waals surface area contributed by atoms with E-state index in [1.165, 1.54) is 0 Å². The summed E-state index contributed by atoms with van der Waals surface area (Å²) in [5.41, 5.74) is 1.30. The Morgan fingerprint density at radius 2 is 2.06 bits per heavy atom. The van der Waals surface area contributed by atoms with Gasteiger partial charge in [0.1, 0.15) is 25.1 Å². The van der Waals surface area contributed by atoms with Crippen molar-refractivity contribution in [1.82, 2.24) is 0 Å². The second-order valence-electron chi connectivity index (χ2n) is 4.11. The number of aryl methyl sites for hydroxylation is 1. The molecule has 0 amide bonds. The van der Waals surface area contributed by atoms with E-state index in [4.69, 9.17) is 9.47 Å². The van der Waals surface area contributed by atoms with Crippen molar-refractivity contribution in [3.63, 3.8) is 0 Å². The summed E-state index contributed by atoms with van der Waals surface area (Å²) in [5, 5.41) is 9.60. The Kier molecular flexibility index (Phi) is 5.39. The van der Waals surface area contributed by atoms with Crippen molar-refractivity contribution in [3.05, 3.63) is 42.0 Å². The second kappa shape index (κ2) is 6.81.